The molecule has 1 aliphatic carbocycles. The molecule has 0 heterocycles. The second kappa shape index (κ2) is 7.87. The molecule has 1 rings (SSSR count). The molecule has 2 amide bonds. The number of carbonyl (C=O) groups is 2. The molecule has 6 heteroatoms. The van der Waals surface area contributed by atoms with Crippen molar-refractivity contribution in [3.63, 3.8) is 0 Å². The molecule has 0 spiro atoms. The van der Waals surface area contributed by atoms with Gasteiger partial charge in [-0.2, -0.15) is 0 Å². The van der Waals surface area contributed by atoms with Gasteiger partial charge in [0.2, 0.25) is 5.91 Å². The maximum Gasteiger partial charge on any atom is 0.407 e. The molecule has 0 unspecified atom stereocenters. The van der Waals surface area contributed by atoms with Crippen LogP contribution in [0.1, 0.15) is 53.4 Å². The van der Waals surface area contributed by atoms with E-state index in [1.165, 1.54) is 0 Å². The topological polar surface area (TPSA) is 58.6 Å². The van der Waals surface area contributed by atoms with E-state index in [0.29, 0.717) is 6.54 Å². The molecule has 122 valence electrons. The summed E-state index contributed by atoms with van der Waals surface area (Å²) in [6.45, 7) is 8.03. The van der Waals surface area contributed by atoms with Crippen molar-refractivity contribution in [1.29, 1.82) is 0 Å². The highest BCUT2D eigenvalue weighted by Crippen LogP contribution is 2.24. The highest BCUT2D eigenvalue weighted by atomic mass is 35.5. The van der Waals surface area contributed by atoms with Crippen molar-refractivity contribution in [2.24, 2.45) is 0 Å². The second-order valence-corrected chi connectivity index (χ2v) is 6.69. The average molecular weight is 319 g/mol. The van der Waals surface area contributed by atoms with Crippen molar-refractivity contribution in [3.8, 4) is 0 Å². The fourth-order valence-corrected chi connectivity index (χ4v) is 2.94. The summed E-state index contributed by atoms with van der Waals surface area (Å²) in [7, 11) is 0. The smallest absolute Gasteiger partial charge is 0.407 e. The van der Waals surface area contributed by atoms with Gasteiger partial charge in [-0.25, -0.2) is 4.79 Å². The van der Waals surface area contributed by atoms with Gasteiger partial charge in [0.05, 0.1) is 12.1 Å². The Morgan fingerprint density at radius 3 is 2.43 bits per heavy atom. The van der Waals surface area contributed by atoms with E-state index < -0.39 is 11.7 Å². The van der Waals surface area contributed by atoms with Crippen molar-refractivity contribution >= 4 is 23.6 Å². The van der Waals surface area contributed by atoms with Gasteiger partial charge >= 0.3 is 6.09 Å². The zero-order chi connectivity index (χ0) is 16.0. The summed E-state index contributed by atoms with van der Waals surface area (Å²) in [5.41, 5.74) is -0.523. The van der Waals surface area contributed by atoms with Crippen LogP contribution >= 0.6 is 11.6 Å². The second-order valence-electron chi connectivity index (χ2n) is 6.42. The molecule has 0 bridgehead atoms. The minimum Gasteiger partial charge on any atom is -0.444 e. The summed E-state index contributed by atoms with van der Waals surface area (Å²) in [5.74, 6) is -0.106. The maximum atomic E-state index is 12.0. The molecule has 1 aliphatic rings. The highest BCUT2D eigenvalue weighted by molar-refractivity contribution is 6.27. The first-order valence-corrected chi connectivity index (χ1v) is 8.17. The Hall–Kier alpha value is -0.970. The van der Waals surface area contributed by atoms with Crippen molar-refractivity contribution in [3.05, 3.63) is 0 Å². The fraction of sp³-hybridized carbons (Fsp3) is 0.867. The lowest BCUT2D eigenvalue weighted by atomic mass is 9.89. The largest absolute Gasteiger partial charge is 0.444 e. The number of ether oxygens (including phenoxy) is 1. The zero-order valence-electron chi connectivity index (χ0n) is 13.4. The van der Waals surface area contributed by atoms with Crippen molar-refractivity contribution in [2.75, 3.05) is 12.4 Å². The first-order chi connectivity index (χ1) is 9.78. The standard InChI is InChI=1S/C15H27ClN2O3/c1-5-18(13(19)10-16)12-9-7-6-8-11(12)17-14(20)21-15(2,3)4/h11-12H,5-10H2,1-4H3,(H,17,20)/t11-,12-/m0/s1. The Bertz CT molecular complexity index is 368. The highest BCUT2D eigenvalue weighted by Gasteiger charge is 2.33. The molecular weight excluding hydrogens is 292 g/mol. The van der Waals surface area contributed by atoms with Crippen molar-refractivity contribution < 1.29 is 14.3 Å². The average Bonchev–Trinajstić information content (AvgIpc) is 2.39. The number of nitrogens with zero attached hydrogens (tertiary/aromatic N) is 1. The van der Waals surface area contributed by atoms with E-state index in [0.717, 1.165) is 25.7 Å². The first-order valence-electron chi connectivity index (χ1n) is 7.63. The number of alkyl carbamates (subject to hydrolysis) is 1. The number of alkyl halides is 1. The number of hydrogen-bond acceptors (Lipinski definition) is 3. The molecule has 0 aliphatic heterocycles. The first kappa shape index (κ1) is 18.1. The summed E-state index contributed by atoms with van der Waals surface area (Å²) >= 11 is 5.68. The lowest BCUT2D eigenvalue weighted by Gasteiger charge is -2.39. The normalized spacial score (nSPS) is 22.5. The number of carbonyl (C=O) groups excluding carboxylic acids is 2. The van der Waals surface area contributed by atoms with E-state index in [1.54, 1.807) is 4.90 Å². The third kappa shape index (κ3) is 5.73. The van der Waals surface area contributed by atoms with Gasteiger partial charge in [-0.15, -0.1) is 11.6 Å². The number of rotatable bonds is 4. The number of likely N-dealkylation sites (N-methyl/N-ethyl adjacent to an activating group) is 1. The lowest BCUT2D eigenvalue weighted by molar-refractivity contribution is -0.131. The minimum absolute atomic E-state index is 0.00233. The van der Waals surface area contributed by atoms with E-state index >= 15 is 0 Å². The van der Waals surface area contributed by atoms with Crippen LogP contribution < -0.4 is 5.32 Å². The van der Waals surface area contributed by atoms with Crippen LogP contribution in [0, 0.1) is 0 Å². The van der Waals surface area contributed by atoms with Gasteiger partial charge in [-0.05, 0) is 40.5 Å². The van der Waals surface area contributed by atoms with Crippen LogP contribution in [0.15, 0.2) is 0 Å². The predicted octanol–water partition coefficient (Wildman–Crippen LogP) is 2.91. The molecule has 0 saturated heterocycles. The molecule has 0 aromatic carbocycles. The van der Waals surface area contributed by atoms with Gasteiger partial charge in [0.1, 0.15) is 11.5 Å². The maximum absolute atomic E-state index is 12.0. The predicted molar refractivity (Wildman–Crippen MR) is 83.5 cm³/mol. The third-order valence-corrected chi connectivity index (χ3v) is 3.84. The molecule has 0 aromatic heterocycles. The number of hydrogen-bond donors (Lipinski definition) is 1. The molecular formula is C15H27ClN2O3. The summed E-state index contributed by atoms with van der Waals surface area (Å²) in [4.78, 5) is 25.7. The van der Waals surface area contributed by atoms with Crippen LogP contribution in [0.3, 0.4) is 0 Å². The number of amides is 2. The van der Waals surface area contributed by atoms with Crippen molar-refractivity contribution in [1.82, 2.24) is 10.2 Å². The Kier molecular flexibility index (Phi) is 6.78. The van der Waals surface area contributed by atoms with E-state index in [1.807, 2.05) is 27.7 Å². The van der Waals surface area contributed by atoms with Crippen LogP contribution in [-0.2, 0) is 9.53 Å². The van der Waals surface area contributed by atoms with E-state index in [9.17, 15) is 9.59 Å². The SMILES string of the molecule is CCN(C(=O)CCl)[C@H]1CCCC[C@@H]1NC(=O)OC(C)(C)C. The number of nitrogens with one attached hydrogen (secondary N) is 1. The Labute approximate surface area is 132 Å². The minimum atomic E-state index is -0.523. The van der Waals surface area contributed by atoms with Crippen LogP contribution in [0.4, 0.5) is 4.79 Å². The molecule has 0 radical (unpaired) electrons. The van der Waals surface area contributed by atoms with Gasteiger partial charge in [0, 0.05) is 6.54 Å². The molecule has 0 aromatic rings. The van der Waals surface area contributed by atoms with Crippen LogP contribution in [0.5, 0.6) is 0 Å². The Morgan fingerprint density at radius 2 is 1.90 bits per heavy atom. The quantitative estimate of drug-likeness (QED) is 0.811. The molecule has 1 saturated carbocycles. The molecule has 1 N–H and O–H groups in total. The van der Waals surface area contributed by atoms with Crippen LogP contribution in [0.2, 0.25) is 0 Å². The van der Waals surface area contributed by atoms with Gasteiger partial charge < -0.3 is 15.0 Å². The van der Waals surface area contributed by atoms with Crippen molar-refractivity contribution in [2.45, 2.75) is 71.1 Å². The third-order valence-electron chi connectivity index (χ3n) is 3.61. The monoisotopic (exact) mass is 318 g/mol. The van der Waals surface area contributed by atoms with Gasteiger partial charge in [-0.3, -0.25) is 4.79 Å². The van der Waals surface area contributed by atoms with Gasteiger partial charge in [-0.1, -0.05) is 12.8 Å². The van der Waals surface area contributed by atoms with Gasteiger partial charge in [0.25, 0.3) is 0 Å². The van der Waals surface area contributed by atoms with E-state index in [-0.39, 0.29) is 23.9 Å². The molecule has 1 fully saturated rings. The number of halogens is 1. The van der Waals surface area contributed by atoms with Gasteiger partial charge in [0.15, 0.2) is 0 Å². The zero-order valence-corrected chi connectivity index (χ0v) is 14.2. The van der Waals surface area contributed by atoms with Crippen LogP contribution in [-0.4, -0.2) is 47.0 Å². The summed E-state index contributed by atoms with van der Waals surface area (Å²) < 4.78 is 5.31. The molecule has 21 heavy (non-hydrogen) atoms. The Morgan fingerprint density at radius 1 is 1.29 bits per heavy atom. The fourth-order valence-electron chi connectivity index (χ4n) is 2.78. The summed E-state index contributed by atoms with van der Waals surface area (Å²) in [6, 6.07) is -0.0664. The van der Waals surface area contributed by atoms with E-state index in [2.05, 4.69) is 5.32 Å². The Balaban J connectivity index is 2.72. The summed E-state index contributed by atoms with van der Waals surface area (Å²) in [5, 5.41) is 2.92. The molecule has 2 atom stereocenters. The van der Waals surface area contributed by atoms with E-state index in [4.69, 9.17) is 16.3 Å². The molecule has 5 nitrogen and oxygen atoms in total. The van der Waals surface area contributed by atoms with Crippen LogP contribution in [0.25, 0.3) is 0 Å². The summed E-state index contributed by atoms with van der Waals surface area (Å²) in [6.07, 6.45) is 3.42. The lowest BCUT2D eigenvalue weighted by Crippen LogP contribution is -2.55.